The smallest absolute Gasteiger partial charge is 0.263 e. The largest absolute Gasteiger partial charge is 0.495 e. The van der Waals surface area contributed by atoms with E-state index in [0.717, 1.165) is 10.6 Å². The van der Waals surface area contributed by atoms with Crippen molar-refractivity contribution in [2.24, 2.45) is 5.10 Å². The first-order chi connectivity index (χ1) is 17.7. The average molecular weight is 525 g/mol. The van der Waals surface area contributed by atoms with Crippen molar-refractivity contribution in [1.29, 1.82) is 0 Å². The summed E-state index contributed by atoms with van der Waals surface area (Å²) in [4.78, 5) is 24.8. The van der Waals surface area contributed by atoms with Crippen molar-refractivity contribution < 1.29 is 27.5 Å². The van der Waals surface area contributed by atoms with Crippen LogP contribution in [0.5, 0.6) is 11.5 Å². The molecule has 3 aromatic rings. The summed E-state index contributed by atoms with van der Waals surface area (Å²) in [5.74, 6) is 0.0823. The third-order valence-electron chi connectivity index (χ3n) is 5.12. The van der Waals surface area contributed by atoms with Crippen LogP contribution in [0.4, 0.5) is 11.4 Å². The van der Waals surface area contributed by atoms with E-state index in [9.17, 15) is 18.0 Å². The molecule has 3 aromatic carbocycles. The van der Waals surface area contributed by atoms with Gasteiger partial charge in [-0.1, -0.05) is 30.3 Å². The molecule has 0 aliphatic heterocycles. The van der Waals surface area contributed by atoms with Gasteiger partial charge in [-0.25, -0.2) is 13.8 Å². The quantitative estimate of drug-likeness (QED) is 0.293. The fourth-order valence-electron chi connectivity index (χ4n) is 3.38. The number of nitrogens with zero attached hydrogens (tertiary/aromatic N) is 2. The standard InChI is InChI=1S/C26H28N4O6S/c1-19(30(37(3,33)34)21-9-5-4-6-10-21)26(32)29-27-17-20-13-15-22(16-14-20)36-18-25(31)28-23-11-7-8-12-24(23)35-2/h4-17,19H,18H2,1-3H3,(H,28,31)(H,29,32)/b27-17-/t19-/m1/s1. The molecule has 10 nitrogen and oxygen atoms in total. The average Bonchev–Trinajstić information content (AvgIpc) is 2.88. The Balaban J connectivity index is 1.53. The Morgan fingerprint density at radius 2 is 1.65 bits per heavy atom. The Bertz CT molecular complexity index is 1340. The molecule has 0 saturated heterocycles. The Labute approximate surface area is 216 Å². The van der Waals surface area contributed by atoms with E-state index in [0.29, 0.717) is 28.4 Å². The molecule has 0 aliphatic rings. The predicted molar refractivity (Wildman–Crippen MR) is 143 cm³/mol. The lowest BCUT2D eigenvalue weighted by Gasteiger charge is -2.27. The minimum Gasteiger partial charge on any atom is -0.495 e. The van der Waals surface area contributed by atoms with Crippen LogP contribution in [-0.2, 0) is 19.6 Å². The molecule has 3 rings (SSSR count). The van der Waals surface area contributed by atoms with Crippen LogP contribution in [0.2, 0.25) is 0 Å². The van der Waals surface area contributed by atoms with Crippen molar-refractivity contribution in [2.75, 3.05) is 29.6 Å². The lowest BCUT2D eigenvalue weighted by molar-refractivity contribution is -0.121. The molecule has 0 saturated carbocycles. The summed E-state index contributed by atoms with van der Waals surface area (Å²) in [7, 11) is -2.18. The molecule has 194 valence electrons. The maximum atomic E-state index is 12.6. The van der Waals surface area contributed by atoms with Gasteiger partial charge in [0.1, 0.15) is 17.5 Å². The number of para-hydroxylation sites is 3. The maximum Gasteiger partial charge on any atom is 0.263 e. The minimum atomic E-state index is -3.71. The molecule has 0 aromatic heterocycles. The van der Waals surface area contributed by atoms with Gasteiger partial charge in [0.25, 0.3) is 11.8 Å². The van der Waals surface area contributed by atoms with Gasteiger partial charge in [0, 0.05) is 0 Å². The monoisotopic (exact) mass is 524 g/mol. The molecule has 0 heterocycles. The molecule has 0 bridgehead atoms. The van der Waals surface area contributed by atoms with Gasteiger partial charge in [0.15, 0.2) is 6.61 Å². The number of carbonyl (C=O) groups excluding carboxylic acids is 2. The van der Waals surface area contributed by atoms with Crippen molar-refractivity contribution in [3.63, 3.8) is 0 Å². The van der Waals surface area contributed by atoms with Crippen molar-refractivity contribution in [1.82, 2.24) is 5.43 Å². The zero-order chi connectivity index (χ0) is 26.8. The van der Waals surface area contributed by atoms with Crippen LogP contribution >= 0.6 is 0 Å². The van der Waals surface area contributed by atoms with Gasteiger partial charge < -0.3 is 14.8 Å². The molecule has 2 amide bonds. The maximum absolute atomic E-state index is 12.6. The van der Waals surface area contributed by atoms with Crippen LogP contribution < -0.4 is 24.5 Å². The second-order valence-corrected chi connectivity index (χ2v) is 9.77. The van der Waals surface area contributed by atoms with Gasteiger partial charge >= 0.3 is 0 Å². The molecule has 37 heavy (non-hydrogen) atoms. The summed E-state index contributed by atoms with van der Waals surface area (Å²) >= 11 is 0. The van der Waals surface area contributed by atoms with E-state index in [1.165, 1.54) is 20.2 Å². The highest BCUT2D eigenvalue weighted by atomic mass is 32.2. The number of carbonyl (C=O) groups is 2. The van der Waals surface area contributed by atoms with Crippen LogP contribution in [0.15, 0.2) is 84.0 Å². The molecule has 11 heteroatoms. The van der Waals surface area contributed by atoms with E-state index in [1.54, 1.807) is 78.9 Å². The van der Waals surface area contributed by atoms with Crippen molar-refractivity contribution in [3.8, 4) is 11.5 Å². The highest BCUT2D eigenvalue weighted by Gasteiger charge is 2.28. The summed E-state index contributed by atoms with van der Waals surface area (Å²) < 4.78 is 36.3. The zero-order valence-electron chi connectivity index (χ0n) is 20.6. The lowest BCUT2D eigenvalue weighted by atomic mass is 10.2. The Morgan fingerprint density at radius 3 is 2.30 bits per heavy atom. The van der Waals surface area contributed by atoms with Crippen molar-refractivity contribution >= 4 is 39.4 Å². The molecule has 0 aliphatic carbocycles. The number of methoxy groups -OCH3 is 1. The first kappa shape index (κ1) is 27.2. The number of hydrogen-bond acceptors (Lipinski definition) is 7. The molecular weight excluding hydrogens is 496 g/mol. The number of sulfonamides is 1. The number of amides is 2. The Morgan fingerprint density at radius 1 is 1.00 bits per heavy atom. The van der Waals surface area contributed by atoms with E-state index in [-0.39, 0.29) is 12.5 Å². The van der Waals surface area contributed by atoms with Crippen molar-refractivity contribution in [2.45, 2.75) is 13.0 Å². The van der Waals surface area contributed by atoms with Gasteiger partial charge in [-0.05, 0) is 61.0 Å². The van der Waals surface area contributed by atoms with Gasteiger partial charge in [0.05, 0.1) is 31.0 Å². The van der Waals surface area contributed by atoms with Crippen LogP contribution in [0.1, 0.15) is 12.5 Å². The second-order valence-electron chi connectivity index (χ2n) is 7.91. The molecular formula is C26H28N4O6S. The second kappa shape index (κ2) is 12.5. The van der Waals surface area contributed by atoms with E-state index < -0.39 is 22.0 Å². The molecule has 0 unspecified atom stereocenters. The van der Waals surface area contributed by atoms with E-state index >= 15 is 0 Å². The number of hydrazone groups is 1. The van der Waals surface area contributed by atoms with Gasteiger partial charge in [0.2, 0.25) is 10.0 Å². The summed E-state index contributed by atoms with van der Waals surface area (Å²) in [6, 6.07) is 21.1. The van der Waals surface area contributed by atoms with E-state index in [4.69, 9.17) is 9.47 Å². The topological polar surface area (TPSA) is 126 Å². The predicted octanol–water partition coefficient (Wildman–Crippen LogP) is 3.02. The normalized spacial score (nSPS) is 12.0. The molecule has 0 fully saturated rings. The zero-order valence-corrected chi connectivity index (χ0v) is 21.4. The number of anilines is 2. The number of ether oxygens (including phenoxy) is 2. The Hall–Kier alpha value is -4.38. The fraction of sp³-hybridized carbons (Fsp3) is 0.192. The first-order valence-electron chi connectivity index (χ1n) is 11.2. The molecule has 0 radical (unpaired) electrons. The third-order valence-corrected chi connectivity index (χ3v) is 6.36. The van der Waals surface area contributed by atoms with Gasteiger partial charge in [-0.2, -0.15) is 5.10 Å². The van der Waals surface area contributed by atoms with Gasteiger partial charge in [-0.15, -0.1) is 0 Å². The first-order valence-corrected chi connectivity index (χ1v) is 13.1. The summed E-state index contributed by atoms with van der Waals surface area (Å²) in [5, 5.41) is 6.65. The Kier molecular flexibility index (Phi) is 9.22. The van der Waals surface area contributed by atoms with Crippen LogP contribution in [0.25, 0.3) is 0 Å². The number of nitrogens with one attached hydrogen (secondary N) is 2. The minimum absolute atomic E-state index is 0.197. The summed E-state index contributed by atoms with van der Waals surface area (Å²) in [6.07, 6.45) is 2.45. The number of benzene rings is 3. The lowest BCUT2D eigenvalue weighted by Crippen LogP contribution is -2.46. The van der Waals surface area contributed by atoms with Crippen LogP contribution in [0, 0.1) is 0 Å². The van der Waals surface area contributed by atoms with E-state index in [1.807, 2.05) is 0 Å². The fourth-order valence-corrected chi connectivity index (χ4v) is 4.56. The molecule has 2 N–H and O–H groups in total. The van der Waals surface area contributed by atoms with Crippen molar-refractivity contribution in [3.05, 3.63) is 84.4 Å². The summed E-state index contributed by atoms with van der Waals surface area (Å²) in [5.41, 5.74) is 3.95. The number of hydrogen-bond donors (Lipinski definition) is 2. The van der Waals surface area contributed by atoms with E-state index in [2.05, 4.69) is 15.8 Å². The SMILES string of the molecule is COc1ccccc1NC(=O)COc1ccc(/C=N\NC(=O)[C@@H](C)N(c2ccccc2)S(C)(=O)=O)cc1. The molecule has 1 atom stereocenters. The van der Waals surface area contributed by atoms with Gasteiger partial charge in [-0.3, -0.25) is 13.9 Å². The van der Waals surface area contributed by atoms with Crippen LogP contribution in [-0.4, -0.2) is 52.5 Å². The highest BCUT2D eigenvalue weighted by molar-refractivity contribution is 7.92. The highest BCUT2D eigenvalue weighted by Crippen LogP contribution is 2.23. The number of rotatable bonds is 11. The summed E-state index contributed by atoms with van der Waals surface area (Å²) in [6.45, 7) is 1.28. The van der Waals surface area contributed by atoms with Crippen LogP contribution in [0.3, 0.4) is 0 Å². The third kappa shape index (κ3) is 7.80. The molecule has 0 spiro atoms.